The molecule has 0 spiro atoms. The van der Waals surface area contributed by atoms with Gasteiger partial charge in [0.05, 0.1) is 7.11 Å². The average molecular weight is 317 g/mol. The maximum absolute atomic E-state index is 12.0. The fourth-order valence-corrected chi connectivity index (χ4v) is 3.86. The first kappa shape index (κ1) is 15.8. The lowest BCUT2D eigenvalue weighted by Crippen LogP contribution is -2.42. The van der Waals surface area contributed by atoms with E-state index < -0.39 is 18.1 Å². The molecule has 0 saturated heterocycles. The van der Waals surface area contributed by atoms with E-state index in [-0.39, 0.29) is 6.61 Å². The molecule has 0 radical (unpaired) electrons. The minimum Gasteiger partial charge on any atom is -0.467 e. The molecule has 23 heavy (non-hydrogen) atoms. The van der Waals surface area contributed by atoms with Crippen LogP contribution in [-0.4, -0.2) is 25.2 Å². The highest BCUT2D eigenvalue weighted by atomic mass is 16.6. The third-order valence-corrected chi connectivity index (χ3v) is 5.08. The molecule has 0 bridgehead atoms. The summed E-state index contributed by atoms with van der Waals surface area (Å²) in [6.07, 6.45) is 3.88. The first-order chi connectivity index (χ1) is 11.2. The summed E-state index contributed by atoms with van der Waals surface area (Å²) in [6.45, 7) is 0.190. The van der Waals surface area contributed by atoms with Gasteiger partial charge in [0.2, 0.25) is 0 Å². The van der Waals surface area contributed by atoms with Crippen LogP contribution in [-0.2, 0) is 20.9 Å². The van der Waals surface area contributed by atoms with Crippen LogP contribution in [0.2, 0.25) is 0 Å². The van der Waals surface area contributed by atoms with Crippen LogP contribution in [0.3, 0.4) is 0 Å². The van der Waals surface area contributed by atoms with Gasteiger partial charge in [-0.1, -0.05) is 36.8 Å². The van der Waals surface area contributed by atoms with Gasteiger partial charge in [0.25, 0.3) is 0 Å². The van der Waals surface area contributed by atoms with Gasteiger partial charge in [0.1, 0.15) is 12.6 Å². The molecule has 3 unspecified atom stereocenters. The SMILES string of the molecule is COC(=O)C(CC1C2CCCC21)NC(=O)OCc1ccccc1. The summed E-state index contributed by atoms with van der Waals surface area (Å²) in [4.78, 5) is 23.9. The van der Waals surface area contributed by atoms with E-state index in [0.717, 1.165) is 17.4 Å². The van der Waals surface area contributed by atoms with Crippen LogP contribution in [0.4, 0.5) is 4.79 Å². The Morgan fingerprint density at radius 3 is 2.57 bits per heavy atom. The van der Waals surface area contributed by atoms with Gasteiger partial charge >= 0.3 is 12.1 Å². The second kappa shape index (κ2) is 7.02. The van der Waals surface area contributed by atoms with Crippen molar-refractivity contribution in [2.45, 2.75) is 38.3 Å². The van der Waals surface area contributed by atoms with E-state index in [9.17, 15) is 9.59 Å². The Kier molecular flexibility index (Phi) is 4.84. The summed E-state index contributed by atoms with van der Waals surface area (Å²) in [6, 6.07) is 8.84. The first-order valence-electron chi connectivity index (χ1n) is 8.24. The first-order valence-corrected chi connectivity index (χ1v) is 8.24. The van der Waals surface area contributed by atoms with Crippen LogP contribution in [0.15, 0.2) is 30.3 Å². The molecule has 124 valence electrons. The van der Waals surface area contributed by atoms with Crippen LogP contribution >= 0.6 is 0 Å². The van der Waals surface area contributed by atoms with E-state index in [1.807, 2.05) is 30.3 Å². The summed E-state index contributed by atoms with van der Waals surface area (Å²) in [7, 11) is 1.35. The maximum atomic E-state index is 12.0. The molecular formula is C18H23NO4. The molecular weight excluding hydrogens is 294 g/mol. The van der Waals surface area contributed by atoms with E-state index in [0.29, 0.717) is 12.3 Å². The summed E-state index contributed by atoms with van der Waals surface area (Å²) >= 11 is 0. The predicted octanol–water partition coefficient (Wildman–Crippen LogP) is 2.89. The number of carbonyl (C=O) groups excluding carboxylic acids is 2. The highest BCUT2D eigenvalue weighted by Crippen LogP contribution is 2.59. The standard InChI is InChI=1S/C18H23NO4/c1-22-17(20)16(10-15-13-8-5-9-14(13)15)19-18(21)23-11-12-6-3-2-4-7-12/h2-4,6-7,13-16H,5,8-11H2,1H3,(H,19,21). The number of rotatable bonds is 6. The largest absolute Gasteiger partial charge is 0.467 e. The van der Waals surface area contributed by atoms with Crippen molar-refractivity contribution in [2.24, 2.45) is 17.8 Å². The fourth-order valence-electron chi connectivity index (χ4n) is 3.86. The monoisotopic (exact) mass is 317 g/mol. The van der Waals surface area contributed by atoms with Crippen molar-refractivity contribution in [3.8, 4) is 0 Å². The second-order valence-corrected chi connectivity index (χ2v) is 6.44. The number of hydrogen-bond donors (Lipinski definition) is 1. The van der Waals surface area contributed by atoms with Gasteiger partial charge in [-0.25, -0.2) is 9.59 Å². The number of benzene rings is 1. The molecule has 1 aromatic rings. The Hall–Kier alpha value is -2.04. The van der Waals surface area contributed by atoms with Gasteiger partial charge in [0.15, 0.2) is 0 Å². The highest BCUT2D eigenvalue weighted by molar-refractivity contribution is 5.81. The van der Waals surface area contributed by atoms with E-state index in [1.165, 1.54) is 26.4 Å². The highest BCUT2D eigenvalue weighted by Gasteiger charge is 2.53. The molecule has 0 aromatic heterocycles. The Labute approximate surface area is 136 Å². The third-order valence-electron chi connectivity index (χ3n) is 5.08. The second-order valence-electron chi connectivity index (χ2n) is 6.44. The quantitative estimate of drug-likeness (QED) is 0.819. The molecule has 2 saturated carbocycles. The summed E-state index contributed by atoms with van der Waals surface area (Å²) in [5.41, 5.74) is 0.911. The van der Waals surface area contributed by atoms with Crippen molar-refractivity contribution in [1.29, 1.82) is 0 Å². The van der Waals surface area contributed by atoms with Crippen molar-refractivity contribution in [2.75, 3.05) is 7.11 Å². The van der Waals surface area contributed by atoms with Crippen molar-refractivity contribution >= 4 is 12.1 Å². The van der Waals surface area contributed by atoms with Gasteiger partial charge in [-0.3, -0.25) is 0 Å². The van der Waals surface area contributed by atoms with Crippen LogP contribution in [0.5, 0.6) is 0 Å². The zero-order chi connectivity index (χ0) is 16.2. The molecule has 2 aliphatic carbocycles. The predicted molar refractivity (Wildman–Crippen MR) is 84.5 cm³/mol. The van der Waals surface area contributed by atoms with Crippen LogP contribution < -0.4 is 5.32 Å². The van der Waals surface area contributed by atoms with Gasteiger partial charge < -0.3 is 14.8 Å². The van der Waals surface area contributed by atoms with Crippen molar-refractivity contribution < 1.29 is 19.1 Å². The van der Waals surface area contributed by atoms with Gasteiger partial charge in [0, 0.05) is 0 Å². The number of amides is 1. The Morgan fingerprint density at radius 1 is 1.22 bits per heavy atom. The average Bonchev–Trinajstić information content (AvgIpc) is 3.00. The molecule has 3 rings (SSSR count). The Bertz CT molecular complexity index is 549. The molecule has 2 aliphatic rings. The van der Waals surface area contributed by atoms with Crippen LogP contribution in [0.25, 0.3) is 0 Å². The maximum Gasteiger partial charge on any atom is 0.408 e. The molecule has 3 atom stereocenters. The normalized spacial score (nSPS) is 26.0. The summed E-state index contributed by atoms with van der Waals surface area (Å²) < 4.78 is 10.0. The van der Waals surface area contributed by atoms with Gasteiger partial charge in [-0.15, -0.1) is 0 Å². The molecule has 5 heteroatoms. The smallest absolute Gasteiger partial charge is 0.408 e. The molecule has 0 aliphatic heterocycles. The van der Waals surface area contributed by atoms with E-state index in [2.05, 4.69) is 5.32 Å². The van der Waals surface area contributed by atoms with Gasteiger partial charge in [-0.05, 0) is 42.6 Å². The zero-order valence-electron chi connectivity index (χ0n) is 13.4. The minimum absolute atomic E-state index is 0.190. The lowest BCUT2D eigenvalue weighted by Gasteiger charge is -2.17. The molecule has 1 N–H and O–H groups in total. The van der Waals surface area contributed by atoms with Crippen molar-refractivity contribution in [3.05, 3.63) is 35.9 Å². The zero-order valence-corrected chi connectivity index (χ0v) is 13.4. The Morgan fingerprint density at radius 2 is 1.91 bits per heavy atom. The number of fused-ring (bicyclic) bond motifs is 1. The number of carbonyl (C=O) groups is 2. The number of methoxy groups -OCH3 is 1. The number of hydrogen-bond acceptors (Lipinski definition) is 4. The van der Waals surface area contributed by atoms with Crippen molar-refractivity contribution in [1.82, 2.24) is 5.32 Å². The van der Waals surface area contributed by atoms with E-state index in [1.54, 1.807) is 0 Å². The number of ether oxygens (including phenoxy) is 2. The molecule has 0 heterocycles. The number of nitrogens with one attached hydrogen (secondary N) is 1. The lowest BCUT2D eigenvalue weighted by atomic mass is 10.0. The van der Waals surface area contributed by atoms with E-state index in [4.69, 9.17) is 9.47 Å². The summed E-state index contributed by atoms with van der Waals surface area (Å²) in [5, 5.41) is 2.66. The van der Waals surface area contributed by atoms with Gasteiger partial charge in [-0.2, -0.15) is 0 Å². The number of alkyl carbamates (subject to hydrolysis) is 1. The molecule has 2 fully saturated rings. The third kappa shape index (κ3) is 3.84. The van der Waals surface area contributed by atoms with Crippen LogP contribution in [0, 0.1) is 17.8 Å². The number of esters is 1. The minimum atomic E-state index is -0.612. The molecule has 5 nitrogen and oxygen atoms in total. The summed E-state index contributed by atoms with van der Waals surface area (Å²) in [5.74, 6) is 1.63. The fraction of sp³-hybridized carbons (Fsp3) is 0.556. The van der Waals surface area contributed by atoms with Crippen LogP contribution in [0.1, 0.15) is 31.2 Å². The molecule has 1 amide bonds. The Balaban J connectivity index is 1.49. The van der Waals surface area contributed by atoms with Crippen molar-refractivity contribution in [3.63, 3.8) is 0 Å². The van der Waals surface area contributed by atoms with E-state index >= 15 is 0 Å². The lowest BCUT2D eigenvalue weighted by molar-refractivity contribution is -0.143. The molecule has 1 aromatic carbocycles. The topological polar surface area (TPSA) is 64.6 Å².